The molecule has 0 saturated heterocycles. The van der Waals surface area contributed by atoms with Crippen LogP contribution < -0.4 is 0 Å². The number of aryl methyl sites for hydroxylation is 1. The number of rotatable bonds is 4. The Morgan fingerprint density at radius 2 is 1.81 bits per heavy atom. The second kappa shape index (κ2) is 6.74. The van der Waals surface area contributed by atoms with E-state index in [-0.39, 0.29) is 6.04 Å². The molecule has 1 atom stereocenters. The maximum Gasteiger partial charge on any atom is 0.411 e. The number of benzene rings is 1. The third-order valence-electron chi connectivity index (χ3n) is 3.10. The lowest BCUT2D eigenvalue weighted by Gasteiger charge is -2.34. The monoisotopic (exact) mass is 291 g/mol. The molecule has 116 valence electrons. The Morgan fingerprint density at radius 1 is 1.24 bits per heavy atom. The number of ether oxygens (including phenoxy) is 1. The van der Waals surface area contributed by atoms with Crippen LogP contribution in [0.25, 0.3) is 0 Å². The molecule has 0 spiro atoms. The molecule has 1 unspecified atom stereocenters. The molecule has 0 radical (unpaired) electrons. The Bertz CT molecular complexity index is 503. The van der Waals surface area contributed by atoms with Crippen molar-refractivity contribution in [3.05, 3.63) is 35.4 Å². The van der Waals surface area contributed by atoms with Gasteiger partial charge in [-0.15, -0.1) is 0 Å². The van der Waals surface area contributed by atoms with Gasteiger partial charge in [0.1, 0.15) is 17.9 Å². The van der Waals surface area contributed by atoms with Gasteiger partial charge in [0.05, 0.1) is 0 Å². The summed E-state index contributed by atoms with van der Waals surface area (Å²) in [5, 5.41) is 0. The van der Waals surface area contributed by atoms with E-state index >= 15 is 0 Å². The maximum absolute atomic E-state index is 12.4. The third kappa shape index (κ3) is 4.59. The molecule has 0 aliphatic heterocycles. The molecule has 0 N–H and O–H groups in total. The molecule has 0 heterocycles. The summed E-state index contributed by atoms with van der Waals surface area (Å²) in [6.45, 7) is 11.1. The predicted octanol–water partition coefficient (Wildman–Crippen LogP) is 3.88. The highest BCUT2D eigenvalue weighted by atomic mass is 16.6. The van der Waals surface area contributed by atoms with Crippen LogP contribution in [0.4, 0.5) is 4.79 Å². The van der Waals surface area contributed by atoms with Crippen LogP contribution in [0.1, 0.15) is 51.8 Å². The van der Waals surface area contributed by atoms with Crippen LogP contribution >= 0.6 is 0 Å². The molecule has 1 rings (SSSR count). The molecule has 0 aliphatic rings. The lowest BCUT2D eigenvalue weighted by atomic mass is 10.0. The first-order valence-electron chi connectivity index (χ1n) is 7.19. The molecule has 4 heteroatoms. The van der Waals surface area contributed by atoms with Gasteiger partial charge in [0.25, 0.3) is 0 Å². The third-order valence-corrected chi connectivity index (χ3v) is 3.10. The molecule has 1 aromatic rings. The fraction of sp³-hybridized carbons (Fsp3) is 0.529. The average Bonchev–Trinajstić information content (AvgIpc) is 2.34. The van der Waals surface area contributed by atoms with Gasteiger partial charge in [-0.2, -0.15) is 0 Å². The summed E-state index contributed by atoms with van der Waals surface area (Å²) >= 11 is 0. The second-order valence-corrected chi connectivity index (χ2v) is 6.42. The van der Waals surface area contributed by atoms with Gasteiger partial charge in [-0.1, -0.05) is 24.3 Å². The maximum atomic E-state index is 12.4. The van der Waals surface area contributed by atoms with Gasteiger partial charge in [-0.3, -0.25) is 4.90 Å². The SMILES string of the molecule is Cc1ccccc1C(C=O)N(C(=O)OC(C)(C)C)C(C)C. The summed E-state index contributed by atoms with van der Waals surface area (Å²) in [5.74, 6) is 0. The number of carbonyl (C=O) groups is 2. The van der Waals surface area contributed by atoms with Gasteiger partial charge in [-0.25, -0.2) is 4.79 Å². The summed E-state index contributed by atoms with van der Waals surface area (Å²) in [4.78, 5) is 25.5. The molecule has 4 nitrogen and oxygen atoms in total. The van der Waals surface area contributed by atoms with Crippen LogP contribution in [0.15, 0.2) is 24.3 Å². The number of amides is 1. The minimum atomic E-state index is -0.638. The van der Waals surface area contributed by atoms with Crippen LogP contribution in [0.2, 0.25) is 0 Å². The lowest BCUT2D eigenvalue weighted by Crippen LogP contribution is -2.44. The van der Waals surface area contributed by atoms with Gasteiger partial charge in [0.15, 0.2) is 0 Å². The molecule has 0 saturated carbocycles. The normalized spacial score (nSPS) is 12.9. The van der Waals surface area contributed by atoms with E-state index in [2.05, 4.69) is 0 Å². The number of nitrogens with zero attached hydrogens (tertiary/aromatic N) is 1. The predicted molar refractivity (Wildman–Crippen MR) is 83.2 cm³/mol. The van der Waals surface area contributed by atoms with Crippen LogP contribution in [-0.4, -0.2) is 28.9 Å². The molecule has 0 bridgehead atoms. The fourth-order valence-electron chi connectivity index (χ4n) is 2.17. The lowest BCUT2D eigenvalue weighted by molar-refractivity contribution is -0.113. The van der Waals surface area contributed by atoms with Crippen LogP contribution in [0, 0.1) is 6.92 Å². The van der Waals surface area contributed by atoms with Gasteiger partial charge in [0, 0.05) is 6.04 Å². The zero-order chi connectivity index (χ0) is 16.2. The van der Waals surface area contributed by atoms with E-state index in [9.17, 15) is 9.59 Å². The van der Waals surface area contributed by atoms with Crippen molar-refractivity contribution in [2.45, 2.75) is 59.2 Å². The Labute approximate surface area is 127 Å². The molecular weight excluding hydrogens is 266 g/mol. The van der Waals surface area contributed by atoms with Crippen molar-refractivity contribution in [3.8, 4) is 0 Å². The number of hydrogen-bond donors (Lipinski definition) is 0. The molecule has 0 fully saturated rings. The summed E-state index contributed by atoms with van der Waals surface area (Å²) in [6.07, 6.45) is 0.324. The number of hydrogen-bond acceptors (Lipinski definition) is 3. The Morgan fingerprint density at radius 3 is 2.24 bits per heavy atom. The van der Waals surface area contributed by atoms with Gasteiger partial charge in [0.2, 0.25) is 0 Å². The minimum Gasteiger partial charge on any atom is -0.444 e. The highest BCUT2D eigenvalue weighted by Gasteiger charge is 2.31. The smallest absolute Gasteiger partial charge is 0.411 e. The Hall–Kier alpha value is -1.84. The van der Waals surface area contributed by atoms with Crippen LogP contribution in [0.5, 0.6) is 0 Å². The molecular formula is C17H25NO3. The zero-order valence-corrected chi connectivity index (χ0v) is 13.7. The van der Waals surface area contributed by atoms with E-state index in [1.54, 1.807) is 0 Å². The molecule has 1 amide bonds. The number of carbonyl (C=O) groups excluding carboxylic acids is 2. The number of aldehydes is 1. The van der Waals surface area contributed by atoms with E-state index in [1.807, 2.05) is 65.8 Å². The van der Waals surface area contributed by atoms with E-state index in [0.29, 0.717) is 0 Å². The van der Waals surface area contributed by atoms with E-state index in [0.717, 1.165) is 17.4 Å². The molecule has 0 aliphatic carbocycles. The average molecular weight is 291 g/mol. The van der Waals surface area contributed by atoms with Crippen molar-refractivity contribution in [1.29, 1.82) is 0 Å². The van der Waals surface area contributed by atoms with E-state index < -0.39 is 17.7 Å². The first-order valence-corrected chi connectivity index (χ1v) is 7.19. The standard InChI is InChI=1S/C17H25NO3/c1-12(2)18(16(20)21-17(4,5)6)15(11-19)14-10-8-7-9-13(14)3/h7-12,15H,1-6H3. The zero-order valence-electron chi connectivity index (χ0n) is 13.7. The summed E-state index contributed by atoms with van der Waals surface area (Å²) in [5.41, 5.74) is 1.21. The van der Waals surface area contributed by atoms with Crippen LogP contribution in [-0.2, 0) is 9.53 Å². The van der Waals surface area contributed by atoms with Crippen molar-refractivity contribution < 1.29 is 14.3 Å². The molecule has 21 heavy (non-hydrogen) atoms. The van der Waals surface area contributed by atoms with E-state index in [1.165, 1.54) is 4.90 Å². The topological polar surface area (TPSA) is 46.6 Å². The first-order chi connectivity index (χ1) is 9.67. The molecule has 1 aromatic carbocycles. The van der Waals surface area contributed by atoms with Gasteiger partial charge < -0.3 is 9.53 Å². The largest absolute Gasteiger partial charge is 0.444 e. The second-order valence-electron chi connectivity index (χ2n) is 6.42. The highest BCUT2D eigenvalue weighted by molar-refractivity contribution is 5.75. The highest BCUT2D eigenvalue weighted by Crippen LogP contribution is 2.26. The van der Waals surface area contributed by atoms with Crippen molar-refractivity contribution >= 4 is 12.4 Å². The minimum absolute atomic E-state index is 0.144. The summed E-state index contributed by atoms with van der Waals surface area (Å²) in [7, 11) is 0. The fourth-order valence-corrected chi connectivity index (χ4v) is 2.17. The van der Waals surface area contributed by atoms with Crippen molar-refractivity contribution in [2.75, 3.05) is 0 Å². The molecule has 0 aromatic heterocycles. The quantitative estimate of drug-likeness (QED) is 0.791. The summed E-state index contributed by atoms with van der Waals surface area (Å²) < 4.78 is 5.43. The van der Waals surface area contributed by atoms with Crippen molar-refractivity contribution in [1.82, 2.24) is 4.90 Å². The van der Waals surface area contributed by atoms with Crippen molar-refractivity contribution in [2.24, 2.45) is 0 Å². The van der Waals surface area contributed by atoms with E-state index in [4.69, 9.17) is 4.74 Å². The van der Waals surface area contributed by atoms with Gasteiger partial charge >= 0.3 is 6.09 Å². The Kier molecular flexibility index (Phi) is 5.53. The summed E-state index contributed by atoms with van der Waals surface area (Å²) in [6, 6.07) is 6.80. The first kappa shape index (κ1) is 17.2. The van der Waals surface area contributed by atoms with Gasteiger partial charge in [-0.05, 0) is 52.7 Å². The van der Waals surface area contributed by atoms with Crippen LogP contribution in [0.3, 0.4) is 0 Å². The van der Waals surface area contributed by atoms with Crippen molar-refractivity contribution in [3.63, 3.8) is 0 Å². The Balaban J connectivity index is 3.16.